The van der Waals surface area contributed by atoms with Gasteiger partial charge in [-0.15, -0.1) is 0 Å². The summed E-state index contributed by atoms with van der Waals surface area (Å²) in [5, 5.41) is 6.69. The van der Waals surface area contributed by atoms with Crippen LogP contribution in [0.2, 0.25) is 5.02 Å². The van der Waals surface area contributed by atoms with Crippen LogP contribution in [0.15, 0.2) is 24.3 Å². The standard InChI is InChI=1S/C19H23ClN4O3/c1-19(13-5-6-13)17(26)24(18(27)22-19)11-16(25)23-8-7-21-10-15(23)12-3-2-4-14(20)9-12/h2-4,9,13,15,21H,5-8,10-11H2,1H3,(H,22,27). The number of carbonyl (C=O) groups is 3. The second-order valence-electron chi connectivity index (χ2n) is 7.66. The fourth-order valence-electron chi connectivity index (χ4n) is 4.04. The molecule has 3 aliphatic rings. The molecule has 144 valence electrons. The largest absolute Gasteiger partial charge is 0.332 e. The van der Waals surface area contributed by atoms with E-state index in [1.807, 2.05) is 18.2 Å². The molecule has 0 bridgehead atoms. The molecule has 0 spiro atoms. The number of carbonyl (C=O) groups excluding carboxylic acids is 3. The quantitative estimate of drug-likeness (QED) is 0.764. The Bertz CT molecular complexity index is 797. The van der Waals surface area contributed by atoms with Gasteiger partial charge < -0.3 is 15.5 Å². The van der Waals surface area contributed by atoms with Crippen molar-refractivity contribution in [2.24, 2.45) is 5.92 Å². The van der Waals surface area contributed by atoms with E-state index in [0.717, 1.165) is 23.3 Å². The number of piperazine rings is 1. The summed E-state index contributed by atoms with van der Waals surface area (Å²) in [4.78, 5) is 40.9. The molecule has 3 fully saturated rings. The van der Waals surface area contributed by atoms with Crippen LogP contribution in [0.3, 0.4) is 0 Å². The Kier molecular flexibility index (Phi) is 4.60. The highest BCUT2D eigenvalue weighted by Crippen LogP contribution is 2.42. The van der Waals surface area contributed by atoms with Crippen LogP contribution in [-0.2, 0) is 9.59 Å². The third-order valence-corrected chi connectivity index (χ3v) is 6.02. The average Bonchev–Trinajstić information content (AvgIpc) is 3.48. The number of nitrogens with zero attached hydrogens (tertiary/aromatic N) is 2. The second-order valence-corrected chi connectivity index (χ2v) is 8.10. The molecular formula is C19H23ClN4O3. The van der Waals surface area contributed by atoms with Gasteiger partial charge in [0.1, 0.15) is 12.1 Å². The maximum Gasteiger partial charge on any atom is 0.325 e. The lowest BCUT2D eigenvalue weighted by Crippen LogP contribution is -2.52. The molecule has 1 aromatic carbocycles. The van der Waals surface area contributed by atoms with Gasteiger partial charge in [0.15, 0.2) is 0 Å². The van der Waals surface area contributed by atoms with Gasteiger partial charge in [0, 0.05) is 24.7 Å². The number of benzene rings is 1. The van der Waals surface area contributed by atoms with Crippen LogP contribution >= 0.6 is 11.6 Å². The topological polar surface area (TPSA) is 81.8 Å². The molecule has 2 heterocycles. The van der Waals surface area contributed by atoms with E-state index in [2.05, 4.69) is 10.6 Å². The predicted octanol–water partition coefficient (Wildman–Crippen LogP) is 1.53. The highest BCUT2D eigenvalue weighted by Gasteiger charge is 2.56. The monoisotopic (exact) mass is 390 g/mol. The molecule has 4 rings (SSSR count). The van der Waals surface area contributed by atoms with E-state index in [1.165, 1.54) is 0 Å². The Labute approximate surface area is 163 Å². The minimum atomic E-state index is -0.868. The van der Waals surface area contributed by atoms with Crippen molar-refractivity contribution >= 4 is 29.4 Å². The summed E-state index contributed by atoms with van der Waals surface area (Å²) in [5.74, 6) is -0.352. The fraction of sp³-hybridized carbons (Fsp3) is 0.526. The normalized spacial score (nSPS) is 28.4. The molecule has 1 aromatic rings. The lowest BCUT2D eigenvalue weighted by atomic mass is 9.96. The van der Waals surface area contributed by atoms with Gasteiger partial charge in [-0.3, -0.25) is 14.5 Å². The Hall–Kier alpha value is -2.12. The number of amides is 4. The minimum Gasteiger partial charge on any atom is -0.332 e. The summed E-state index contributed by atoms with van der Waals surface area (Å²) >= 11 is 6.10. The first-order chi connectivity index (χ1) is 12.9. The van der Waals surface area contributed by atoms with Crippen molar-refractivity contribution in [2.75, 3.05) is 26.2 Å². The molecule has 2 N–H and O–H groups in total. The first-order valence-corrected chi connectivity index (χ1v) is 9.67. The number of rotatable bonds is 4. The number of halogens is 1. The maximum atomic E-state index is 13.0. The zero-order valence-corrected chi connectivity index (χ0v) is 16.0. The highest BCUT2D eigenvalue weighted by atomic mass is 35.5. The maximum absolute atomic E-state index is 13.0. The summed E-state index contributed by atoms with van der Waals surface area (Å²) in [6.45, 7) is 3.31. The van der Waals surface area contributed by atoms with E-state index in [0.29, 0.717) is 24.7 Å². The molecule has 2 aliphatic heterocycles. The molecule has 8 heteroatoms. The van der Waals surface area contributed by atoms with Crippen molar-refractivity contribution in [3.8, 4) is 0 Å². The van der Waals surface area contributed by atoms with Gasteiger partial charge in [0.05, 0.1) is 6.04 Å². The molecular weight excluding hydrogens is 368 g/mol. The van der Waals surface area contributed by atoms with E-state index in [1.54, 1.807) is 17.9 Å². The van der Waals surface area contributed by atoms with E-state index in [-0.39, 0.29) is 30.3 Å². The molecule has 1 aliphatic carbocycles. The molecule has 4 amide bonds. The second kappa shape index (κ2) is 6.80. The number of nitrogens with one attached hydrogen (secondary N) is 2. The summed E-state index contributed by atoms with van der Waals surface area (Å²) in [6.07, 6.45) is 1.86. The number of hydrogen-bond acceptors (Lipinski definition) is 4. The van der Waals surface area contributed by atoms with Crippen LogP contribution < -0.4 is 10.6 Å². The van der Waals surface area contributed by atoms with Crippen molar-refractivity contribution < 1.29 is 14.4 Å². The summed E-state index contributed by atoms with van der Waals surface area (Å²) in [6, 6.07) is 6.77. The third kappa shape index (κ3) is 3.30. The molecule has 0 aromatic heterocycles. The van der Waals surface area contributed by atoms with Crippen molar-refractivity contribution in [3.63, 3.8) is 0 Å². The Balaban J connectivity index is 1.51. The van der Waals surface area contributed by atoms with Crippen molar-refractivity contribution in [2.45, 2.75) is 31.3 Å². The van der Waals surface area contributed by atoms with Crippen molar-refractivity contribution in [1.82, 2.24) is 20.4 Å². The molecule has 1 saturated carbocycles. The van der Waals surface area contributed by atoms with Gasteiger partial charge in [-0.2, -0.15) is 0 Å². The Morgan fingerprint density at radius 1 is 1.33 bits per heavy atom. The fourth-order valence-corrected chi connectivity index (χ4v) is 4.24. The van der Waals surface area contributed by atoms with Gasteiger partial charge in [-0.25, -0.2) is 4.79 Å². The highest BCUT2D eigenvalue weighted by molar-refractivity contribution is 6.30. The average molecular weight is 391 g/mol. The van der Waals surface area contributed by atoms with Crippen molar-refractivity contribution in [3.05, 3.63) is 34.9 Å². The molecule has 2 atom stereocenters. The van der Waals surface area contributed by atoms with Gasteiger partial charge in [0.25, 0.3) is 5.91 Å². The Morgan fingerprint density at radius 3 is 2.81 bits per heavy atom. The minimum absolute atomic E-state index is 0.174. The van der Waals surface area contributed by atoms with Gasteiger partial charge in [0.2, 0.25) is 5.91 Å². The molecule has 27 heavy (non-hydrogen) atoms. The third-order valence-electron chi connectivity index (χ3n) is 5.79. The SMILES string of the molecule is CC1(C2CC2)NC(=O)N(CC(=O)N2CCNCC2c2cccc(Cl)c2)C1=O. The zero-order valence-electron chi connectivity index (χ0n) is 15.2. The first kappa shape index (κ1) is 18.3. The van der Waals surface area contributed by atoms with E-state index < -0.39 is 11.6 Å². The number of imide groups is 1. The molecule has 2 unspecified atom stereocenters. The van der Waals surface area contributed by atoms with Crippen molar-refractivity contribution in [1.29, 1.82) is 0 Å². The zero-order chi connectivity index (χ0) is 19.2. The van der Waals surface area contributed by atoms with Gasteiger partial charge in [-0.05, 0) is 43.4 Å². The number of hydrogen-bond donors (Lipinski definition) is 2. The molecule has 2 saturated heterocycles. The lowest BCUT2D eigenvalue weighted by molar-refractivity contribution is -0.141. The first-order valence-electron chi connectivity index (χ1n) is 9.30. The van der Waals surface area contributed by atoms with Gasteiger partial charge in [-0.1, -0.05) is 23.7 Å². The van der Waals surface area contributed by atoms with E-state index in [9.17, 15) is 14.4 Å². The summed E-state index contributed by atoms with van der Waals surface area (Å²) < 4.78 is 0. The van der Waals surface area contributed by atoms with Crippen LogP contribution in [0.1, 0.15) is 31.4 Å². The van der Waals surface area contributed by atoms with Crippen LogP contribution in [0.5, 0.6) is 0 Å². The van der Waals surface area contributed by atoms with E-state index in [4.69, 9.17) is 11.6 Å². The van der Waals surface area contributed by atoms with Crippen LogP contribution in [-0.4, -0.2) is 59.4 Å². The summed E-state index contributed by atoms with van der Waals surface area (Å²) in [5.41, 5.74) is 0.0655. The molecule has 7 nitrogen and oxygen atoms in total. The summed E-state index contributed by atoms with van der Waals surface area (Å²) in [7, 11) is 0. The predicted molar refractivity (Wildman–Crippen MR) is 100 cm³/mol. The van der Waals surface area contributed by atoms with Crippen LogP contribution in [0.25, 0.3) is 0 Å². The smallest absolute Gasteiger partial charge is 0.325 e. The van der Waals surface area contributed by atoms with Crippen LogP contribution in [0, 0.1) is 5.92 Å². The molecule has 0 radical (unpaired) electrons. The Morgan fingerprint density at radius 2 is 2.11 bits per heavy atom. The lowest BCUT2D eigenvalue weighted by Gasteiger charge is -2.37. The number of urea groups is 1. The van der Waals surface area contributed by atoms with Crippen LogP contribution in [0.4, 0.5) is 4.79 Å². The van der Waals surface area contributed by atoms with E-state index >= 15 is 0 Å². The van der Waals surface area contributed by atoms with Gasteiger partial charge >= 0.3 is 6.03 Å².